The molecule has 0 bridgehead atoms. The van der Waals surface area contributed by atoms with Gasteiger partial charge in [-0.1, -0.05) is 109 Å². The van der Waals surface area contributed by atoms with E-state index in [-0.39, 0.29) is 5.41 Å². The standard InChI is InChI=1S/C43H29NO/c1-43(2)37-16-7-5-14-35(37)39-36-23-22-34-33-13-6-8-17-38(33)44(40(34)41(36)45-42(39)43)30-21-20-27-24-29(19-18-28(27)25-30)32-15-9-11-26-10-3-4-12-31(26)32/h3-25H,1-2H3. The van der Waals surface area contributed by atoms with Crippen molar-refractivity contribution < 1.29 is 4.42 Å². The molecule has 2 heterocycles. The topological polar surface area (TPSA) is 18.1 Å². The van der Waals surface area contributed by atoms with Crippen molar-refractivity contribution in [2.75, 3.05) is 0 Å². The number of furan rings is 1. The van der Waals surface area contributed by atoms with Crippen LogP contribution in [-0.4, -0.2) is 4.57 Å². The smallest absolute Gasteiger partial charge is 0.159 e. The molecule has 0 saturated heterocycles. The fourth-order valence-corrected chi connectivity index (χ4v) is 7.96. The van der Waals surface area contributed by atoms with Gasteiger partial charge in [0, 0.05) is 32.8 Å². The highest BCUT2D eigenvalue weighted by atomic mass is 16.3. The summed E-state index contributed by atoms with van der Waals surface area (Å²) >= 11 is 0. The summed E-state index contributed by atoms with van der Waals surface area (Å²) < 4.78 is 9.39. The summed E-state index contributed by atoms with van der Waals surface area (Å²) in [7, 11) is 0. The number of benzene rings is 7. The minimum atomic E-state index is -0.196. The van der Waals surface area contributed by atoms with Gasteiger partial charge in [0.2, 0.25) is 0 Å². The summed E-state index contributed by atoms with van der Waals surface area (Å²) in [5, 5.41) is 8.61. The van der Waals surface area contributed by atoms with Gasteiger partial charge in [0.05, 0.1) is 11.0 Å². The molecule has 0 fully saturated rings. The van der Waals surface area contributed by atoms with Crippen LogP contribution in [0.25, 0.3) is 82.3 Å². The van der Waals surface area contributed by atoms with Gasteiger partial charge in [-0.2, -0.15) is 0 Å². The molecular weight excluding hydrogens is 546 g/mol. The van der Waals surface area contributed by atoms with Gasteiger partial charge in [0.1, 0.15) is 5.76 Å². The predicted molar refractivity (Wildman–Crippen MR) is 189 cm³/mol. The molecule has 2 heteroatoms. The first-order valence-corrected chi connectivity index (χ1v) is 15.7. The van der Waals surface area contributed by atoms with E-state index in [0.29, 0.717) is 0 Å². The average Bonchev–Trinajstić information content (AvgIpc) is 3.71. The molecule has 0 atom stereocenters. The summed E-state index contributed by atoms with van der Waals surface area (Å²) in [6.45, 7) is 4.56. The Kier molecular flexibility index (Phi) is 4.82. The van der Waals surface area contributed by atoms with Gasteiger partial charge in [0.15, 0.2) is 5.58 Å². The van der Waals surface area contributed by atoms with Crippen molar-refractivity contribution >= 4 is 54.3 Å². The monoisotopic (exact) mass is 575 g/mol. The number of fused-ring (bicyclic) bond motifs is 11. The van der Waals surface area contributed by atoms with Crippen molar-refractivity contribution in [2.24, 2.45) is 0 Å². The molecule has 7 aromatic carbocycles. The maximum absolute atomic E-state index is 6.98. The molecule has 10 rings (SSSR count). The zero-order chi connectivity index (χ0) is 29.9. The van der Waals surface area contributed by atoms with E-state index in [2.05, 4.69) is 158 Å². The van der Waals surface area contributed by atoms with E-state index in [4.69, 9.17) is 4.42 Å². The zero-order valence-electron chi connectivity index (χ0n) is 25.1. The van der Waals surface area contributed by atoms with E-state index < -0.39 is 0 Å². The summed E-state index contributed by atoms with van der Waals surface area (Å²) in [5.41, 5.74) is 10.6. The first-order valence-electron chi connectivity index (χ1n) is 15.7. The van der Waals surface area contributed by atoms with Crippen LogP contribution in [0.3, 0.4) is 0 Å². The molecule has 0 saturated carbocycles. The quantitative estimate of drug-likeness (QED) is 0.200. The van der Waals surface area contributed by atoms with Gasteiger partial charge in [-0.25, -0.2) is 0 Å². The fraction of sp³-hybridized carbons (Fsp3) is 0.0698. The molecule has 1 aliphatic rings. The second kappa shape index (κ2) is 8.74. The van der Waals surface area contributed by atoms with E-state index in [1.54, 1.807) is 0 Å². The van der Waals surface area contributed by atoms with Crippen LogP contribution in [0.4, 0.5) is 0 Å². The van der Waals surface area contributed by atoms with Crippen LogP contribution in [-0.2, 0) is 5.41 Å². The molecule has 1 aliphatic carbocycles. The first kappa shape index (κ1) is 24.8. The molecule has 0 radical (unpaired) electrons. The Morgan fingerprint density at radius 3 is 2.18 bits per heavy atom. The highest BCUT2D eigenvalue weighted by Gasteiger charge is 2.40. The lowest BCUT2D eigenvalue weighted by Gasteiger charge is -2.18. The molecule has 0 aliphatic heterocycles. The van der Waals surface area contributed by atoms with E-state index in [0.717, 1.165) is 22.5 Å². The van der Waals surface area contributed by atoms with Crippen molar-refractivity contribution in [3.8, 4) is 27.9 Å². The fourth-order valence-electron chi connectivity index (χ4n) is 7.96. The summed E-state index contributed by atoms with van der Waals surface area (Å²) in [5.74, 6) is 1.06. The van der Waals surface area contributed by atoms with Gasteiger partial charge < -0.3 is 8.98 Å². The van der Waals surface area contributed by atoms with Crippen LogP contribution in [0.1, 0.15) is 25.2 Å². The average molecular weight is 576 g/mol. The molecule has 2 nitrogen and oxygen atoms in total. The van der Waals surface area contributed by atoms with Crippen LogP contribution < -0.4 is 0 Å². The van der Waals surface area contributed by atoms with Crippen LogP contribution >= 0.6 is 0 Å². The van der Waals surface area contributed by atoms with Crippen molar-refractivity contribution in [1.82, 2.24) is 4.57 Å². The van der Waals surface area contributed by atoms with Crippen molar-refractivity contribution in [1.29, 1.82) is 0 Å². The molecule has 0 unspecified atom stereocenters. The lowest BCUT2D eigenvalue weighted by Crippen LogP contribution is -2.14. The van der Waals surface area contributed by atoms with E-state index in [1.807, 2.05) is 0 Å². The number of nitrogens with zero attached hydrogens (tertiary/aromatic N) is 1. The third kappa shape index (κ3) is 3.29. The van der Waals surface area contributed by atoms with Crippen LogP contribution in [0.15, 0.2) is 144 Å². The number of para-hydroxylation sites is 1. The predicted octanol–water partition coefficient (Wildman–Crippen LogP) is 11.8. The van der Waals surface area contributed by atoms with Gasteiger partial charge in [0.25, 0.3) is 0 Å². The molecule has 45 heavy (non-hydrogen) atoms. The Morgan fingerprint density at radius 2 is 1.24 bits per heavy atom. The second-order valence-corrected chi connectivity index (χ2v) is 12.9. The minimum absolute atomic E-state index is 0.196. The Bertz CT molecular complexity index is 2680. The lowest BCUT2D eigenvalue weighted by molar-refractivity contribution is 0.466. The van der Waals surface area contributed by atoms with Crippen LogP contribution in [0.5, 0.6) is 0 Å². The third-order valence-corrected chi connectivity index (χ3v) is 10.1. The Hall–Kier alpha value is -5.60. The van der Waals surface area contributed by atoms with E-state index >= 15 is 0 Å². The molecule has 212 valence electrons. The minimum Gasteiger partial charge on any atom is -0.457 e. The maximum atomic E-state index is 6.98. The van der Waals surface area contributed by atoms with Crippen LogP contribution in [0.2, 0.25) is 0 Å². The van der Waals surface area contributed by atoms with Crippen molar-refractivity contribution in [3.05, 3.63) is 151 Å². The Labute approximate surface area is 260 Å². The largest absolute Gasteiger partial charge is 0.457 e. The van der Waals surface area contributed by atoms with Gasteiger partial charge in [-0.05, 0) is 88.0 Å². The normalized spacial score (nSPS) is 13.7. The third-order valence-electron chi connectivity index (χ3n) is 10.1. The molecule has 0 N–H and O–H groups in total. The van der Waals surface area contributed by atoms with Gasteiger partial charge in [-0.15, -0.1) is 0 Å². The summed E-state index contributed by atoms with van der Waals surface area (Å²) in [6, 6.07) is 50.9. The van der Waals surface area contributed by atoms with Gasteiger partial charge in [-0.3, -0.25) is 0 Å². The summed E-state index contributed by atoms with van der Waals surface area (Å²) in [4.78, 5) is 0. The molecule has 0 amide bonds. The highest BCUT2D eigenvalue weighted by molar-refractivity contribution is 6.20. The number of hydrogen-bond acceptors (Lipinski definition) is 1. The number of aromatic nitrogens is 1. The van der Waals surface area contributed by atoms with E-state index in [9.17, 15) is 0 Å². The van der Waals surface area contributed by atoms with Crippen LogP contribution in [0, 0.1) is 0 Å². The van der Waals surface area contributed by atoms with Crippen molar-refractivity contribution in [3.63, 3.8) is 0 Å². The molecule has 9 aromatic rings. The Balaban J connectivity index is 1.22. The summed E-state index contributed by atoms with van der Waals surface area (Å²) in [6.07, 6.45) is 0. The molecule has 2 aromatic heterocycles. The number of rotatable bonds is 2. The lowest BCUT2D eigenvalue weighted by atomic mass is 9.86. The first-order chi connectivity index (χ1) is 22.1. The SMILES string of the molecule is CC1(C)c2ccccc2-c2c1oc1c2ccc2c3ccccc3n(-c3ccc4cc(-c5cccc6ccccc56)ccc4c3)c21. The zero-order valence-corrected chi connectivity index (χ0v) is 25.1. The molecular formula is C43H29NO. The number of hydrogen-bond donors (Lipinski definition) is 0. The highest BCUT2D eigenvalue weighted by Crippen LogP contribution is 2.54. The van der Waals surface area contributed by atoms with Gasteiger partial charge >= 0.3 is 0 Å². The Morgan fingerprint density at radius 1 is 0.533 bits per heavy atom. The maximum Gasteiger partial charge on any atom is 0.159 e. The molecule has 0 spiro atoms. The second-order valence-electron chi connectivity index (χ2n) is 12.9. The van der Waals surface area contributed by atoms with Crippen molar-refractivity contribution in [2.45, 2.75) is 19.3 Å². The van der Waals surface area contributed by atoms with E-state index in [1.165, 1.54) is 71.0 Å².